The topological polar surface area (TPSA) is 40.4 Å². The van der Waals surface area contributed by atoms with Gasteiger partial charge in [-0.3, -0.25) is 0 Å². The van der Waals surface area contributed by atoms with Crippen LogP contribution in [0.4, 0.5) is 4.79 Å². The van der Waals surface area contributed by atoms with Crippen molar-refractivity contribution in [1.29, 1.82) is 0 Å². The fourth-order valence-electron chi connectivity index (χ4n) is 1.81. The summed E-state index contributed by atoms with van der Waals surface area (Å²) >= 11 is 0. The van der Waals surface area contributed by atoms with Crippen molar-refractivity contribution in [3.8, 4) is 0 Å². The summed E-state index contributed by atoms with van der Waals surface area (Å²) < 4.78 is 4.70. The molecule has 75 valence electrons. The molecule has 0 N–H and O–H groups in total. The van der Waals surface area contributed by atoms with Gasteiger partial charge in [-0.2, -0.15) is 0 Å². The number of hydrogen-bond donors (Lipinski definition) is 0. The molecule has 0 saturated heterocycles. The van der Waals surface area contributed by atoms with Crippen molar-refractivity contribution in [3.05, 3.63) is 0 Å². The second kappa shape index (κ2) is 5.84. The van der Waals surface area contributed by atoms with E-state index in [4.69, 9.17) is 4.74 Å². The minimum atomic E-state index is -0.402. The molecular weight excluding hydrogens is 166 g/mol. The Morgan fingerprint density at radius 1 is 1.46 bits per heavy atom. The molecule has 0 unspecified atom stereocenters. The van der Waals surface area contributed by atoms with Crippen LogP contribution in [0, 0.1) is 5.92 Å². The number of carbonyl (C=O) groups is 1. The van der Waals surface area contributed by atoms with E-state index in [0.29, 0.717) is 13.2 Å². The minimum absolute atomic E-state index is 0.402. The highest BCUT2D eigenvalue weighted by Crippen LogP contribution is 2.26. The first kappa shape index (κ1) is 10.4. The van der Waals surface area contributed by atoms with Gasteiger partial charge in [-0.25, -0.2) is 10.1 Å². The molecule has 1 fully saturated rings. The lowest BCUT2D eigenvalue weighted by Crippen LogP contribution is -2.19. The van der Waals surface area contributed by atoms with Crippen LogP contribution in [0.2, 0.25) is 0 Å². The van der Waals surface area contributed by atoms with Crippen molar-refractivity contribution < 1.29 is 9.53 Å². The van der Waals surface area contributed by atoms with E-state index >= 15 is 0 Å². The number of carbonyl (C=O) groups excluding carboxylic acids is 1. The fraction of sp³-hybridized carbons (Fsp3) is 0.900. The predicted octanol–water partition coefficient (Wildman–Crippen LogP) is 2.33. The van der Waals surface area contributed by atoms with Crippen LogP contribution < -0.4 is 5.32 Å². The molecule has 0 bridgehead atoms. The second-order valence-electron chi connectivity index (χ2n) is 3.52. The monoisotopic (exact) mass is 184 g/mol. The Balaban J connectivity index is 1.96. The van der Waals surface area contributed by atoms with Crippen molar-refractivity contribution >= 4 is 6.09 Å². The van der Waals surface area contributed by atoms with E-state index in [-0.39, 0.29) is 0 Å². The van der Waals surface area contributed by atoms with Crippen LogP contribution in [0.25, 0.3) is 0 Å². The Bertz CT molecular complexity index is 153. The molecule has 1 rings (SSSR count). The van der Waals surface area contributed by atoms with Gasteiger partial charge in [-0.15, -0.1) is 0 Å². The predicted molar refractivity (Wildman–Crippen MR) is 50.6 cm³/mol. The van der Waals surface area contributed by atoms with Gasteiger partial charge < -0.3 is 4.74 Å². The van der Waals surface area contributed by atoms with Gasteiger partial charge in [0.15, 0.2) is 0 Å². The molecule has 1 saturated carbocycles. The van der Waals surface area contributed by atoms with Gasteiger partial charge in [0.05, 0.1) is 6.61 Å². The zero-order chi connectivity index (χ0) is 9.52. The van der Waals surface area contributed by atoms with Gasteiger partial charge >= 0.3 is 6.09 Å². The summed E-state index contributed by atoms with van der Waals surface area (Å²) in [5, 5.41) is 3.82. The molecular formula is C10H18NO2. The molecule has 0 aliphatic heterocycles. The number of amides is 1. The molecule has 1 aliphatic carbocycles. The largest absolute Gasteiger partial charge is 0.448 e. The molecule has 0 aromatic rings. The Labute approximate surface area is 79.8 Å². The highest BCUT2D eigenvalue weighted by Gasteiger charge is 2.15. The van der Waals surface area contributed by atoms with Gasteiger partial charge in [-0.05, 0) is 19.3 Å². The lowest BCUT2D eigenvalue weighted by Gasteiger charge is -2.07. The molecule has 0 heterocycles. The maximum absolute atomic E-state index is 10.8. The first-order valence-corrected chi connectivity index (χ1v) is 5.17. The van der Waals surface area contributed by atoms with E-state index in [1.165, 1.54) is 25.7 Å². The van der Waals surface area contributed by atoms with Gasteiger partial charge in [0, 0.05) is 6.54 Å². The highest BCUT2D eigenvalue weighted by molar-refractivity contribution is 5.66. The molecule has 1 amide bonds. The Kier molecular flexibility index (Phi) is 4.65. The van der Waals surface area contributed by atoms with Crippen LogP contribution in [0.1, 0.15) is 39.0 Å². The summed E-state index contributed by atoms with van der Waals surface area (Å²) in [6, 6.07) is 0. The zero-order valence-corrected chi connectivity index (χ0v) is 8.29. The van der Waals surface area contributed by atoms with E-state index in [9.17, 15) is 4.79 Å². The highest BCUT2D eigenvalue weighted by atomic mass is 16.5. The van der Waals surface area contributed by atoms with Gasteiger partial charge in [0.25, 0.3) is 0 Å². The third kappa shape index (κ3) is 4.15. The molecule has 13 heavy (non-hydrogen) atoms. The summed E-state index contributed by atoms with van der Waals surface area (Å²) in [5.41, 5.74) is 0. The maximum atomic E-state index is 10.8. The first-order chi connectivity index (χ1) is 6.33. The van der Waals surface area contributed by atoms with Crippen LogP contribution in [-0.2, 0) is 4.74 Å². The third-order valence-electron chi connectivity index (χ3n) is 2.52. The molecule has 3 heteroatoms. The van der Waals surface area contributed by atoms with E-state index < -0.39 is 6.09 Å². The third-order valence-corrected chi connectivity index (χ3v) is 2.52. The van der Waals surface area contributed by atoms with Crippen molar-refractivity contribution in [1.82, 2.24) is 5.32 Å². The quantitative estimate of drug-likeness (QED) is 0.672. The van der Waals surface area contributed by atoms with Crippen molar-refractivity contribution in [3.63, 3.8) is 0 Å². The van der Waals surface area contributed by atoms with Crippen molar-refractivity contribution in [2.24, 2.45) is 5.92 Å². The van der Waals surface area contributed by atoms with Gasteiger partial charge in [0.1, 0.15) is 0 Å². The normalized spacial score (nSPS) is 17.3. The zero-order valence-electron chi connectivity index (χ0n) is 8.29. The first-order valence-electron chi connectivity index (χ1n) is 5.17. The van der Waals surface area contributed by atoms with Crippen LogP contribution in [-0.4, -0.2) is 19.2 Å². The lowest BCUT2D eigenvalue weighted by molar-refractivity contribution is 0.150. The van der Waals surface area contributed by atoms with E-state index in [0.717, 1.165) is 12.3 Å². The van der Waals surface area contributed by atoms with Crippen molar-refractivity contribution in [2.45, 2.75) is 39.0 Å². The second-order valence-corrected chi connectivity index (χ2v) is 3.52. The van der Waals surface area contributed by atoms with Crippen LogP contribution in [0.5, 0.6) is 0 Å². The van der Waals surface area contributed by atoms with Gasteiger partial charge in [-0.1, -0.05) is 25.7 Å². The molecule has 1 aliphatic rings. The van der Waals surface area contributed by atoms with Crippen LogP contribution in [0.15, 0.2) is 0 Å². The van der Waals surface area contributed by atoms with E-state index in [1.807, 2.05) is 0 Å². The van der Waals surface area contributed by atoms with Crippen molar-refractivity contribution in [2.75, 3.05) is 13.2 Å². The maximum Gasteiger partial charge on any atom is 0.428 e. The van der Waals surface area contributed by atoms with E-state index in [2.05, 4.69) is 5.32 Å². The molecule has 0 aromatic heterocycles. The molecule has 1 radical (unpaired) electrons. The average Bonchev–Trinajstić information content (AvgIpc) is 2.57. The summed E-state index contributed by atoms with van der Waals surface area (Å²) in [4.78, 5) is 10.8. The van der Waals surface area contributed by atoms with E-state index in [1.54, 1.807) is 6.92 Å². The summed E-state index contributed by atoms with van der Waals surface area (Å²) in [5.74, 6) is 0.804. The summed E-state index contributed by atoms with van der Waals surface area (Å²) in [7, 11) is 0. The average molecular weight is 184 g/mol. The Hall–Kier alpha value is -0.730. The number of rotatable bonds is 4. The standard InChI is InChI=1S/C10H18NO2/c1-2-13-10(12)11-8-7-9-5-3-4-6-9/h9H,2-8H2,1H3. The number of hydrogen-bond acceptors (Lipinski definition) is 2. The fourth-order valence-corrected chi connectivity index (χ4v) is 1.81. The molecule has 3 nitrogen and oxygen atoms in total. The SMILES string of the molecule is CCOC(=O)[N]CCC1CCCC1. The molecule has 0 atom stereocenters. The summed E-state index contributed by atoms with van der Waals surface area (Å²) in [6.07, 6.45) is 5.99. The van der Waals surface area contributed by atoms with Crippen LogP contribution in [0.3, 0.4) is 0 Å². The smallest absolute Gasteiger partial charge is 0.428 e. The molecule has 0 aromatic carbocycles. The summed E-state index contributed by atoms with van der Waals surface area (Å²) in [6.45, 7) is 2.86. The minimum Gasteiger partial charge on any atom is -0.448 e. The Morgan fingerprint density at radius 3 is 2.77 bits per heavy atom. The number of nitrogens with zero attached hydrogens (tertiary/aromatic N) is 1. The number of ether oxygens (including phenoxy) is 1. The van der Waals surface area contributed by atoms with Gasteiger partial charge in [0.2, 0.25) is 0 Å². The Morgan fingerprint density at radius 2 is 2.15 bits per heavy atom. The van der Waals surface area contributed by atoms with Crippen LogP contribution >= 0.6 is 0 Å². The molecule has 0 spiro atoms. The lowest BCUT2D eigenvalue weighted by atomic mass is 10.0.